The third kappa shape index (κ3) is 4.04. The molecule has 0 unspecified atom stereocenters. The van der Waals surface area contributed by atoms with Crippen LogP contribution in [0.25, 0.3) is 21.9 Å². The van der Waals surface area contributed by atoms with Crippen LogP contribution in [0, 0.1) is 13.8 Å². The van der Waals surface area contributed by atoms with Gasteiger partial charge in [-0.3, -0.25) is 0 Å². The van der Waals surface area contributed by atoms with Gasteiger partial charge in [0.2, 0.25) is 0 Å². The average Bonchev–Trinajstić information content (AvgIpc) is 2.73. The van der Waals surface area contributed by atoms with Crippen molar-refractivity contribution in [3.63, 3.8) is 0 Å². The first-order valence-electron chi connectivity index (χ1n) is 11.5. The van der Waals surface area contributed by atoms with E-state index >= 15 is 0 Å². The van der Waals surface area contributed by atoms with E-state index < -0.39 is 8.32 Å². The van der Waals surface area contributed by atoms with Gasteiger partial charge < -0.3 is 13.6 Å². The van der Waals surface area contributed by atoms with Crippen LogP contribution in [0.5, 0.6) is 5.75 Å². The van der Waals surface area contributed by atoms with Crippen molar-refractivity contribution in [3.8, 4) is 16.9 Å². The highest BCUT2D eigenvalue weighted by Crippen LogP contribution is 2.41. The maximum Gasteiger partial charge on any atom is 0.343 e. The van der Waals surface area contributed by atoms with E-state index in [2.05, 4.69) is 59.0 Å². The van der Waals surface area contributed by atoms with Gasteiger partial charge in [-0.2, -0.15) is 0 Å². The molecule has 0 saturated heterocycles. The smallest absolute Gasteiger partial charge is 0.343 e. The topological polar surface area (TPSA) is 48.7 Å². The van der Waals surface area contributed by atoms with Crippen LogP contribution in [-0.2, 0) is 17.5 Å². The second kappa shape index (κ2) is 8.20. The first kappa shape index (κ1) is 22.8. The fraction of sp³-hybridized carbons (Fsp3) is 0.444. The minimum atomic E-state index is -2.02. The van der Waals surface area contributed by atoms with Crippen LogP contribution in [-0.4, -0.2) is 14.9 Å². The molecule has 0 aliphatic carbocycles. The van der Waals surface area contributed by atoms with Crippen molar-refractivity contribution in [2.75, 3.05) is 6.61 Å². The summed E-state index contributed by atoms with van der Waals surface area (Å²) >= 11 is 0. The number of aryl methyl sites for hydroxylation is 1. The summed E-state index contributed by atoms with van der Waals surface area (Å²) in [4.78, 5) is 12.9. The molecule has 5 heteroatoms. The molecule has 1 aromatic heterocycles. The Labute approximate surface area is 191 Å². The van der Waals surface area contributed by atoms with Gasteiger partial charge in [-0.1, -0.05) is 44.5 Å². The number of hydrogen-bond acceptors (Lipinski definition) is 4. The van der Waals surface area contributed by atoms with Crippen molar-refractivity contribution < 1.29 is 13.6 Å². The lowest BCUT2D eigenvalue weighted by Gasteiger charge is -2.36. The maximum absolute atomic E-state index is 12.9. The molecule has 2 aromatic carbocycles. The Morgan fingerprint density at radius 3 is 2.53 bits per heavy atom. The standard InChI is InChI=1S/C27H34O4Si/c1-17-10-11-21-22(15-17)26(28)31-24(16-30-32(6,7)27(3,4)5)25(21)20-12-13-23-19(18(20)2)9-8-14-29-23/h10-13,15H,8-9,14,16H2,1-7H3. The highest BCUT2D eigenvalue weighted by atomic mass is 28.4. The average molecular weight is 451 g/mol. The zero-order valence-corrected chi connectivity index (χ0v) is 21.3. The summed E-state index contributed by atoms with van der Waals surface area (Å²) in [5, 5.41) is 1.60. The summed E-state index contributed by atoms with van der Waals surface area (Å²) in [7, 11) is -2.02. The molecule has 4 nitrogen and oxygen atoms in total. The third-order valence-electron chi connectivity index (χ3n) is 7.18. The van der Waals surface area contributed by atoms with Gasteiger partial charge in [0.25, 0.3) is 0 Å². The Kier molecular flexibility index (Phi) is 5.84. The van der Waals surface area contributed by atoms with Gasteiger partial charge in [0.05, 0.1) is 18.6 Å². The summed E-state index contributed by atoms with van der Waals surface area (Å²) < 4.78 is 18.3. The third-order valence-corrected chi connectivity index (χ3v) is 11.7. The molecule has 0 spiro atoms. The van der Waals surface area contributed by atoms with Crippen LogP contribution in [0.1, 0.15) is 49.6 Å². The fourth-order valence-electron chi connectivity index (χ4n) is 4.15. The number of fused-ring (bicyclic) bond motifs is 2. The number of ether oxygens (including phenoxy) is 1. The van der Waals surface area contributed by atoms with E-state index in [0.29, 0.717) is 11.1 Å². The molecule has 0 bridgehead atoms. The molecule has 170 valence electrons. The number of hydrogen-bond donors (Lipinski definition) is 0. The summed E-state index contributed by atoms with van der Waals surface area (Å²) in [5.74, 6) is 1.57. The second-order valence-corrected chi connectivity index (χ2v) is 15.3. The van der Waals surface area contributed by atoms with Gasteiger partial charge in [0, 0.05) is 10.9 Å². The van der Waals surface area contributed by atoms with Crippen LogP contribution < -0.4 is 10.4 Å². The van der Waals surface area contributed by atoms with Crippen molar-refractivity contribution >= 4 is 19.1 Å². The number of benzene rings is 2. The fourth-order valence-corrected chi connectivity index (χ4v) is 5.08. The van der Waals surface area contributed by atoms with Crippen molar-refractivity contribution in [2.24, 2.45) is 0 Å². The van der Waals surface area contributed by atoms with Crippen molar-refractivity contribution in [3.05, 3.63) is 63.2 Å². The Bertz CT molecular complexity index is 1230. The lowest BCUT2D eigenvalue weighted by molar-refractivity contribution is 0.241. The molecule has 0 radical (unpaired) electrons. The number of rotatable bonds is 4. The Balaban J connectivity index is 1.93. The molecule has 4 rings (SSSR count). The van der Waals surface area contributed by atoms with Crippen LogP contribution >= 0.6 is 0 Å². The van der Waals surface area contributed by atoms with Crippen molar-refractivity contribution in [1.82, 2.24) is 0 Å². The molecule has 0 fully saturated rings. The molecule has 0 amide bonds. The van der Waals surface area contributed by atoms with Crippen molar-refractivity contribution in [1.29, 1.82) is 0 Å². The summed E-state index contributed by atoms with van der Waals surface area (Å²) in [5.41, 5.74) is 5.21. The molecular weight excluding hydrogens is 416 g/mol. The van der Waals surface area contributed by atoms with Gasteiger partial charge >= 0.3 is 5.63 Å². The lowest BCUT2D eigenvalue weighted by atomic mass is 9.90. The van der Waals surface area contributed by atoms with Crippen LogP contribution in [0.3, 0.4) is 0 Å². The summed E-state index contributed by atoms with van der Waals surface area (Å²) in [6, 6.07) is 10.2. The van der Waals surface area contributed by atoms with Crippen molar-refractivity contribution in [2.45, 2.75) is 72.2 Å². The molecule has 3 aromatic rings. The van der Waals surface area contributed by atoms with Crippen LogP contribution in [0.15, 0.2) is 39.5 Å². The SMILES string of the molecule is Cc1ccc2c(-c3ccc4c(c3C)CCCO4)c(CO[Si](C)(C)C(C)(C)C)oc(=O)c2c1. The quantitative estimate of drug-likeness (QED) is 0.405. The second-order valence-electron chi connectivity index (χ2n) is 10.5. The van der Waals surface area contributed by atoms with Crippen LogP contribution in [0.2, 0.25) is 18.1 Å². The first-order valence-corrected chi connectivity index (χ1v) is 14.4. The minimum Gasteiger partial charge on any atom is -0.493 e. The highest BCUT2D eigenvalue weighted by Gasteiger charge is 2.37. The van der Waals surface area contributed by atoms with Gasteiger partial charge in [-0.05, 0) is 73.6 Å². The van der Waals surface area contributed by atoms with Gasteiger partial charge in [0.15, 0.2) is 8.32 Å². The predicted molar refractivity (Wildman–Crippen MR) is 133 cm³/mol. The van der Waals surface area contributed by atoms with Gasteiger partial charge in [0.1, 0.15) is 11.5 Å². The van der Waals surface area contributed by atoms with E-state index in [-0.39, 0.29) is 17.3 Å². The lowest BCUT2D eigenvalue weighted by Crippen LogP contribution is -2.40. The van der Waals surface area contributed by atoms with Gasteiger partial charge in [-0.15, -0.1) is 0 Å². The largest absolute Gasteiger partial charge is 0.493 e. The Morgan fingerprint density at radius 1 is 1.06 bits per heavy atom. The normalized spacial score (nSPS) is 14.3. The molecule has 1 aliphatic heterocycles. The monoisotopic (exact) mass is 450 g/mol. The molecule has 0 saturated carbocycles. The van der Waals surface area contributed by atoms with Gasteiger partial charge in [-0.25, -0.2) is 4.79 Å². The molecule has 32 heavy (non-hydrogen) atoms. The molecule has 0 atom stereocenters. The van der Waals surface area contributed by atoms with E-state index in [1.54, 1.807) is 0 Å². The Morgan fingerprint density at radius 2 is 1.81 bits per heavy atom. The van der Waals surface area contributed by atoms with E-state index in [0.717, 1.165) is 47.3 Å². The summed E-state index contributed by atoms with van der Waals surface area (Å²) in [6.07, 6.45) is 2.01. The minimum absolute atomic E-state index is 0.0699. The molecule has 0 N–H and O–H groups in total. The van der Waals surface area contributed by atoms with E-state index in [1.807, 2.05) is 19.1 Å². The Hall–Kier alpha value is -2.37. The van der Waals surface area contributed by atoms with Crippen LogP contribution in [0.4, 0.5) is 0 Å². The highest BCUT2D eigenvalue weighted by molar-refractivity contribution is 6.74. The summed E-state index contributed by atoms with van der Waals surface area (Å²) in [6.45, 7) is 16.3. The predicted octanol–water partition coefficient (Wildman–Crippen LogP) is 6.92. The van der Waals surface area contributed by atoms with E-state index in [4.69, 9.17) is 13.6 Å². The van der Waals surface area contributed by atoms with E-state index in [1.165, 1.54) is 11.1 Å². The molecule has 2 heterocycles. The first-order chi connectivity index (χ1) is 15.0. The van der Waals surface area contributed by atoms with E-state index in [9.17, 15) is 4.79 Å². The maximum atomic E-state index is 12.9. The molecular formula is C27H34O4Si. The zero-order valence-electron chi connectivity index (χ0n) is 20.3. The zero-order chi connectivity index (χ0) is 23.3. The molecule has 1 aliphatic rings.